The summed E-state index contributed by atoms with van der Waals surface area (Å²) in [6.45, 7) is 4.02. The van der Waals surface area contributed by atoms with Gasteiger partial charge in [0, 0.05) is 22.7 Å². The summed E-state index contributed by atoms with van der Waals surface area (Å²) in [5, 5.41) is 20.8. The van der Waals surface area contributed by atoms with Crippen molar-refractivity contribution in [3.8, 4) is 17.4 Å². The van der Waals surface area contributed by atoms with E-state index in [1.165, 1.54) is 33.9 Å². The highest BCUT2D eigenvalue weighted by molar-refractivity contribution is 8.01. The van der Waals surface area contributed by atoms with Crippen molar-refractivity contribution in [1.82, 2.24) is 14.8 Å². The molecule has 0 aliphatic carbocycles. The molecule has 2 aromatic heterocycles. The Morgan fingerprint density at radius 2 is 2.00 bits per heavy atom. The Morgan fingerprint density at radius 3 is 2.85 bits per heavy atom. The lowest BCUT2D eigenvalue weighted by atomic mass is 10.1. The molecule has 3 heterocycles. The molecule has 1 aliphatic heterocycles. The summed E-state index contributed by atoms with van der Waals surface area (Å²) in [7, 11) is 0. The SMILES string of the molecule is C=CCSc1nnc(/N=C/c2c(O)n(Cc3ccc4c(c3)OCO4)c(=O)c3ccccc23)s1. The molecule has 8 nitrogen and oxygen atoms in total. The van der Waals surface area contributed by atoms with Crippen LogP contribution in [0.5, 0.6) is 17.4 Å². The molecule has 0 bridgehead atoms. The third-order valence-corrected chi connectivity index (χ3v) is 6.95. The molecule has 0 saturated carbocycles. The van der Waals surface area contributed by atoms with Crippen LogP contribution in [0, 0.1) is 0 Å². The van der Waals surface area contributed by atoms with E-state index in [1.54, 1.807) is 36.4 Å². The van der Waals surface area contributed by atoms with Gasteiger partial charge in [-0.15, -0.1) is 16.8 Å². The van der Waals surface area contributed by atoms with Gasteiger partial charge in [0.1, 0.15) is 0 Å². The van der Waals surface area contributed by atoms with E-state index in [1.807, 2.05) is 12.1 Å². The van der Waals surface area contributed by atoms with Crippen LogP contribution < -0.4 is 15.0 Å². The van der Waals surface area contributed by atoms with Crippen LogP contribution in [0.2, 0.25) is 0 Å². The van der Waals surface area contributed by atoms with Crippen molar-refractivity contribution in [3.05, 3.63) is 76.6 Å². The minimum atomic E-state index is -0.294. The molecule has 4 aromatic rings. The molecule has 0 amide bonds. The maximum Gasteiger partial charge on any atom is 0.261 e. The average Bonchev–Trinajstić information content (AvgIpc) is 3.49. The van der Waals surface area contributed by atoms with E-state index in [-0.39, 0.29) is 24.8 Å². The Balaban J connectivity index is 1.55. The fourth-order valence-electron chi connectivity index (χ4n) is 3.47. The van der Waals surface area contributed by atoms with E-state index >= 15 is 0 Å². The van der Waals surface area contributed by atoms with Gasteiger partial charge in [0.05, 0.1) is 12.1 Å². The smallest absolute Gasteiger partial charge is 0.261 e. The standard InChI is InChI=1S/C23H18N4O4S2/c1-2-9-32-23-26-25-22(33-23)24-11-17-15-5-3-4-6-16(15)20(28)27(21(17)29)12-14-7-8-18-19(10-14)31-13-30-18/h2-8,10-11,29H,1,9,12-13H2/b24-11+. The molecule has 1 N–H and O–H groups in total. The maximum atomic E-state index is 13.2. The van der Waals surface area contributed by atoms with E-state index in [0.717, 1.165) is 15.7 Å². The maximum absolute atomic E-state index is 13.2. The second kappa shape index (κ2) is 9.08. The van der Waals surface area contributed by atoms with Crippen LogP contribution in [-0.2, 0) is 6.54 Å². The Kier molecular flexibility index (Phi) is 5.84. The molecule has 5 rings (SSSR count). The van der Waals surface area contributed by atoms with Crippen molar-refractivity contribution in [2.45, 2.75) is 10.9 Å². The topological polar surface area (TPSA) is 98.8 Å². The fraction of sp³-hybridized carbons (Fsp3) is 0.130. The van der Waals surface area contributed by atoms with Crippen molar-refractivity contribution in [2.24, 2.45) is 4.99 Å². The van der Waals surface area contributed by atoms with E-state index in [9.17, 15) is 9.90 Å². The van der Waals surface area contributed by atoms with E-state index < -0.39 is 0 Å². The first kappa shape index (κ1) is 21.2. The molecule has 33 heavy (non-hydrogen) atoms. The third-order valence-electron chi connectivity index (χ3n) is 4.99. The zero-order chi connectivity index (χ0) is 22.8. The summed E-state index contributed by atoms with van der Waals surface area (Å²) in [6.07, 6.45) is 3.32. The Bertz CT molecular complexity index is 1440. The number of fused-ring (bicyclic) bond motifs is 2. The summed E-state index contributed by atoms with van der Waals surface area (Å²) < 4.78 is 12.9. The summed E-state index contributed by atoms with van der Waals surface area (Å²) in [4.78, 5) is 17.6. The van der Waals surface area contributed by atoms with E-state index in [2.05, 4.69) is 21.8 Å². The van der Waals surface area contributed by atoms with Crippen molar-refractivity contribution >= 4 is 45.2 Å². The van der Waals surface area contributed by atoms with Crippen molar-refractivity contribution < 1.29 is 14.6 Å². The normalized spacial score (nSPS) is 12.6. The highest BCUT2D eigenvalue weighted by atomic mass is 32.2. The molecule has 0 spiro atoms. The number of nitrogens with zero attached hydrogens (tertiary/aromatic N) is 4. The van der Waals surface area contributed by atoms with Gasteiger partial charge < -0.3 is 14.6 Å². The van der Waals surface area contributed by atoms with Crippen LogP contribution in [0.25, 0.3) is 10.8 Å². The Labute approximate surface area is 196 Å². The summed E-state index contributed by atoms with van der Waals surface area (Å²) in [5.41, 5.74) is 0.932. The quantitative estimate of drug-likeness (QED) is 0.239. The number of aromatic hydroxyl groups is 1. The number of benzene rings is 2. The predicted molar refractivity (Wildman–Crippen MR) is 130 cm³/mol. The minimum Gasteiger partial charge on any atom is -0.494 e. The largest absolute Gasteiger partial charge is 0.494 e. The minimum absolute atomic E-state index is 0.161. The number of rotatable bonds is 7. The van der Waals surface area contributed by atoms with Crippen LogP contribution in [0.4, 0.5) is 5.13 Å². The van der Waals surface area contributed by atoms with Crippen LogP contribution in [0.15, 0.2) is 69.2 Å². The number of pyridine rings is 1. The highest BCUT2D eigenvalue weighted by Gasteiger charge is 2.18. The number of aromatic nitrogens is 3. The molecule has 10 heteroatoms. The molecule has 0 saturated heterocycles. The van der Waals surface area contributed by atoms with Gasteiger partial charge >= 0.3 is 0 Å². The zero-order valence-corrected chi connectivity index (χ0v) is 18.9. The molecule has 2 aromatic carbocycles. The molecule has 0 fully saturated rings. The molecule has 1 aliphatic rings. The van der Waals surface area contributed by atoms with Gasteiger partial charge in [-0.1, -0.05) is 53.4 Å². The van der Waals surface area contributed by atoms with Crippen LogP contribution >= 0.6 is 23.1 Å². The van der Waals surface area contributed by atoms with Crippen molar-refractivity contribution in [2.75, 3.05) is 12.5 Å². The first-order valence-corrected chi connectivity index (χ1v) is 11.8. The molecular formula is C23H18N4O4S2. The second-order valence-corrected chi connectivity index (χ2v) is 9.29. The van der Waals surface area contributed by atoms with Gasteiger partial charge in [-0.3, -0.25) is 9.36 Å². The average molecular weight is 479 g/mol. The van der Waals surface area contributed by atoms with Crippen molar-refractivity contribution in [1.29, 1.82) is 0 Å². The summed E-state index contributed by atoms with van der Waals surface area (Å²) >= 11 is 2.87. The van der Waals surface area contributed by atoms with Crippen molar-refractivity contribution in [3.63, 3.8) is 0 Å². The summed E-state index contributed by atoms with van der Waals surface area (Å²) in [6, 6.07) is 12.6. The lowest BCUT2D eigenvalue weighted by Gasteiger charge is -2.14. The first-order chi connectivity index (χ1) is 16.1. The van der Waals surface area contributed by atoms with Gasteiger partial charge in [-0.05, 0) is 23.8 Å². The Morgan fingerprint density at radius 1 is 1.18 bits per heavy atom. The highest BCUT2D eigenvalue weighted by Crippen LogP contribution is 2.33. The summed E-state index contributed by atoms with van der Waals surface area (Å²) in [5.74, 6) is 1.83. The predicted octanol–water partition coefficient (Wildman–Crippen LogP) is 4.36. The second-order valence-electron chi connectivity index (χ2n) is 7.07. The number of hydrogen-bond donors (Lipinski definition) is 1. The molecule has 0 atom stereocenters. The van der Waals surface area contributed by atoms with E-state index in [0.29, 0.717) is 33.0 Å². The van der Waals surface area contributed by atoms with Gasteiger partial charge in [0.2, 0.25) is 17.8 Å². The zero-order valence-electron chi connectivity index (χ0n) is 17.3. The van der Waals surface area contributed by atoms with Gasteiger partial charge in [0.25, 0.3) is 5.56 Å². The fourth-order valence-corrected chi connectivity index (χ4v) is 4.92. The number of aliphatic imine (C=N–C) groups is 1. The van der Waals surface area contributed by atoms with Gasteiger partial charge in [-0.25, -0.2) is 4.99 Å². The van der Waals surface area contributed by atoms with Crippen LogP contribution in [0.3, 0.4) is 0 Å². The third kappa shape index (κ3) is 4.22. The first-order valence-electron chi connectivity index (χ1n) is 9.98. The Hall–Kier alpha value is -3.63. The molecule has 0 radical (unpaired) electrons. The number of thioether (sulfide) groups is 1. The number of ether oxygens (including phenoxy) is 2. The number of hydrogen-bond acceptors (Lipinski definition) is 9. The van der Waals surface area contributed by atoms with E-state index in [4.69, 9.17) is 9.47 Å². The molecule has 0 unspecified atom stereocenters. The molecular weight excluding hydrogens is 460 g/mol. The monoisotopic (exact) mass is 478 g/mol. The van der Waals surface area contributed by atoms with Gasteiger partial charge in [0.15, 0.2) is 15.8 Å². The van der Waals surface area contributed by atoms with Gasteiger partial charge in [-0.2, -0.15) is 0 Å². The van der Waals surface area contributed by atoms with Crippen LogP contribution in [-0.4, -0.2) is 38.6 Å². The lowest BCUT2D eigenvalue weighted by molar-refractivity contribution is 0.174. The lowest BCUT2D eigenvalue weighted by Crippen LogP contribution is -2.22. The van der Waals surface area contributed by atoms with Crippen LogP contribution in [0.1, 0.15) is 11.1 Å². The molecule has 166 valence electrons.